The molecule has 632 valence electrons. The lowest BCUT2D eigenvalue weighted by atomic mass is 9.84. The van der Waals surface area contributed by atoms with E-state index in [1.807, 2.05) is 148 Å². The lowest BCUT2D eigenvalue weighted by Gasteiger charge is -2.36. The minimum Gasteiger partial charge on any atom is -0.488 e. The molecular weight excluding hydrogens is 1510 g/mol. The number of carboxylic acids is 1. The molecule has 0 spiro atoms. The van der Waals surface area contributed by atoms with Crippen molar-refractivity contribution in [1.29, 1.82) is 0 Å². The summed E-state index contributed by atoms with van der Waals surface area (Å²) in [5.41, 5.74) is -6.75. The molecule has 6 aromatic rings. The van der Waals surface area contributed by atoms with Crippen LogP contribution in [0.5, 0.6) is 17.2 Å². The van der Waals surface area contributed by atoms with Gasteiger partial charge in [0.25, 0.3) is 0 Å². The molecule has 28 heteroatoms. The van der Waals surface area contributed by atoms with Crippen molar-refractivity contribution in [3.05, 3.63) is 165 Å². The number of esters is 2. The fourth-order valence-corrected chi connectivity index (χ4v) is 15.7. The van der Waals surface area contributed by atoms with Crippen molar-refractivity contribution in [2.45, 2.75) is 219 Å². The third-order valence-electron chi connectivity index (χ3n) is 22.1. The number of amides is 7. The van der Waals surface area contributed by atoms with Crippen LogP contribution in [0.15, 0.2) is 165 Å². The molecule has 0 radical (unpaired) electrons. The molecule has 3 saturated heterocycles. The SMILES string of the molecule is C=C[C@@H]1C[C@]1(NC(=O)[C@@H]1C[C@@H](Oc2cccc3ccccc23)CN1B(C)O)C(=O)OCC.C=C[C@@H]1C[C@]1(NC(=O)[C@@H]1C[C@@H](Oc2cccc3ccccc23)CN1C(=O)[C@@H](NC(=O)OC(C)(C)C)C(C)(C)C)C(=O)O.C=C[C@@H]1C[C@]1(NC(=O)[C@@H]1C[C@@H](Oc2cccc3ccccc23)CN1C(=O)[C@@H](NC(=O)OC(C)(C)C)C(C)(C)C)C(=O)OCC. The summed E-state index contributed by atoms with van der Waals surface area (Å²) in [5.74, 6) is -3.32. The maximum Gasteiger partial charge on any atom is 0.408 e. The molecule has 118 heavy (non-hydrogen) atoms. The van der Waals surface area contributed by atoms with Crippen molar-refractivity contribution < 1.29 is 91.2 Å². The molecule has 14 atom stereocenters. The number of alkyl carbamates (subject to hydrolysis) is 2. The van der Waals surface area contributed by atoms with Crippen LogP contribution in [0.1, 0.15) is 135 Å². The number of carbonyl (C=O) groups is 10. The van der Waals surface area contributed by atoms with E-state index < -0.39 is 148 Å². The fraction of sp³-hybridized carbons (Fsp3) is 0.489. The van der Waals surface area contributed by atoms with Crippen molar-refractivity contribution in [3.63, 3.8) is 0 Å². The van der Waals surface area contributed by atoms with Gasteiger partial charge in [-0.25, -0.2) is 24.0 Å². The molecule has 0 aromatic heterocycles. The Balaban J connectivity index is 0.000000189. The number of fused-ring (bicyclic) bond motifs is 3. The predicted molar refractivity (Wildman–Crippen MR) is 448 cm³/mol. The number of rotatable bonds is 25. The van der Waals surface area contributed by atoms with Crippen LogP contribution < -0.4 is 40.8 Å². The Bertz CT molecular complexity index is 4760. The zero-order valence-electron chi connectivity index (χ0n) is 70.4. The van der Waals surface area contributed by atoms with E-state index in [1.165, 1.54) is 15.9 Å². The van der Waals surface area contributed by atoms with E-state index in [-0.39, 0.29) is 69.4 Å². The Kier molecular flexibility index (Phi) is 27.3. The van der Waals surface area contributed by atoms with Crippen molar-refractivity contribution in [1.82, 2.24) is 41.2 Å². The number of aliphatic carboxylic acids is 1. The van der Waals surface area contributed by atoms with Crippen molar-refractivity contribution >= 4 is 99.0 Å². The van der Waals surface area contributed by atoms with Crippen molar-refractivity contribution in [3.8, 4) is 17.2 Å². The van der Waals surface area contributed by atoms with Crippen LogP contribution in [0.2, 0.25) is 6.82 Å². The average molecular weight is 1620 g/mol. The van der Waals surface area contributed by atoms with Gasteiger partial charge in [0, 0.05) is 59.7 Å². The standard InChI is InChI=1S/C34H45N3O7.C32H41N3O7.C24H29BN2O5/c1-9-22-19-34(22,30(40)42-10-2)36-28(38)25-18-23(43-26-17-13-15-21-14-11-12-16-24(21)26)20-37(25)29(39)27(32(3,4)5)35-31(41)44-33(6,7)8;1-8-20-17-32(20,28(38)39)34-26(36)23-16-21(41-24-15-11-13-19-12-9-10-14-22(19)24)18-35(23)27(37)25(30(2,3)4)33-29(40)42-31(5,6)7;1-4-17-14-24(17,23(29)31-5-2)26-22(28)20-13-18(15-27(20)25(3)30)32-21-12-8-10-16-9-6-7-11-19(16)21/h9,11-17,22-23,25,27H,1,10,18-20H2,2-8H3,(H,35,41)(H,36,38);8-15,20-21,23,25H,1,16-18H2,2-7H3,(H,33,40)(H,34,36)(H,38,39);4,6-12,17-18,20,30H,1,5,13-15H2,2-3H3,(H,26,28)/t22-,23-,25+,27-,34-;20-,21-,23+,25-,32-;17-,18-,20+,24-/m111/s1. The third-order valence-corrected chi connectivity index (χ3v) is 22.1. The van der Waals surface area contributed by atoms with Crippen LogP contribution in [-0.2, 0) is 57.3 Å². The normalized spacial score (nSPS) is 24.9. The van der Waals surface area contributed by atoms with E-state index in [0.717, 1.165) is 38.1 Å². The Morgan fingerprint density at radius 3 is 1.08 bits per heavy atom. The van der Waals surface area contributed by atoms with Gasteiger partial charge in [-0.2, -0.15) is 0 Å². The highest BCUT2D eigenvalue weighted by molar-refractivity contribution is 6.46. The molecular formula is C90H115BN8O19. The number of carboxylic acid groups (broad SMARTS) is 1. The molecule has 0 unspecified atom stereocenters. The first-order valence-corrected chi connectivity index (χ1v) is 40.4. The minimum absolute atomic E-state index is 0.0632. The van der Waals surface area contributed by atoms with Gasteiger partial charge >= 0.3 is 37.1 Å². The Morgan fingerprint density at radius 2 is 0.771 bits per heavy atom. The highest BCUT2D eigenvalue weighted by atomic mass is 16.6. The summed E-state index contributed by atoms with van der Waals surface area (Å²) in [7, 11) is -0.834. The topological polar surface area (TPSA) is 346 Å². The smallest absolute Gasteiger partial charge is 0.408 e. The number of hydrogen-bond donors (Lipinski definition) is 7. The predicted octanol–water partition coefficient (Wildman–Crippen LogP) is 11.4. The molecule has 6 fully saturated rings. The molecule has 0 bridgehead atoms. The minimum atomic E-state index is -1.46. The lowest BCUT2D eigenvalue weighted by molar-refractivity contribution is -0.150. The van der Waals surface area contributed by atoms with Gasteiger partial charge in [-0.05, 0) is 127 Å². The summed E-state index contributed by atoms with van der Waals surface area (Å²) in [6.07, 6.45) is 3.73. The molecule has 3 saturated carbocycles. The van der Waals surface area contributed by atoms with Crippen LogP contribution in [0.3, 0.4) is 0 Å². The number of ether oxygens (including phenoxy) is 7. The second-order valence-electron chi connectivity index (χ2n) is 35.4. The Morgan fingerprint density at radius 1 is 0.466 bits per heavy atom. The maximum absolute atomic E-state index is 14.3. The highest BCUT2D eigenvalue weighted by Crippen LogP contribution is 2.48. The van der Waals surface area contributed by atoms with Gasteiger partial charge in [-0.3, -0.25) is 24.0 Å². The average Bonchev–Trinajstić information content (AvgIpc) is 1.67. The van der Waals surface area contributed by atoms with E-state index in [9.17, 15) is 58.1 Å². The zero-order valence-corrected chi connectivity index (χ0v) is 70.4. The van der Waals surface area contributed by atoms with Crippen LogP contribution >= 0.6 is 0 Å². The van der Waals surface area contributed by atoms with E-state index in [0.29, 0.717) is 37.3 Å². The fourth-order valence-electron chi connectivity index (χ4n) is 15.7. The summed E-state index contributed by atoms with van der Waals surface area (Å²) >= 11 is 0. The van der Waals surface area contributed by atoms with Crippen LogP contribution in [0.4, 0.5) is 9.59 Å². The number of benzene rings is 6. The molecule has 27 nitrogen and oxygen atoms in total. The molecule has 3 heterocycles. The largest absolute Gasteiger partial charge is 0.488 e. The van der Waals surface area contributed by atoms with Crippen LogP contribution in [-0.4, -0.2) is 201 Å². The van der Waals surface area contributed by atoms with Crippen LogP contribution in [0.25, 0.3) is 32.3 Å². The van der Waals surface area contributed by atoms with Gasteiger partial charge in [0.15, 0.2) is 0 Å². The lowest BCUT2D eigenvalue weighted by Crippen LogP contribution is -2.59. The molecule has 3 aliphatic heterocycles. The number of nitrogens with zero attached hydrogens (tertiary/aromatic N) is 3. The van der Waals surface area contributed by atoms with Gasteiger partial charge < -0.3 is 84.5 Å². The van der Waals surface area contributed by atoms with E-state index in [2.05, 4.69) is 46.3 Å². The molecule has 12 rings (SSSR count). The summed E-state index contributed by atoms with van der Waals surface area (Å²) in [6, 6.07) is 36.2. The molecule has 3 aliphatic carbocycles. The maximum atomic E-state index is 14.3. The van der Waals surface area contributed by atoms with Crippen molar-refractivity contribution in [2.24, 2.45) is 28.6 Å². The van der Waals surface area contributed by atoms with E-state index in [4.69, 9.17) is 33.2 Å². The Hall–Kier alpha value is -11.0. The highest BCUT2D eigenvalue weighted by Gasteiger charge is 2.65. The third kappa shape index (κ3) is 20.7. The van der Waals surface area contributed by atoms with E-state index in [1.54, 1.807) is 99.9 Å². The quantitative estimate of drug-likeness (QED) is 0.0121. The molecule has 6 aromatic carbocycles. The molecule has 7 N–H and O–H groups in total. The first-order chi connectivity index (χ1) is 55.5. The number of hydrogen-bond acceptors (Lipinski definition) is 19. The van der Waals surface area contributed by atoms with E-state index >= 15 is 0 Å². The second kappa shape index (κ2) is 36.1. The monoisotopic (exact) mass is 1620 g/mol. The van der Waals surface area contributed by atoms with Crippen LogP contribution in [0, 0.1) is 28.6 Å². The van der Waals surface area contributed by atoms with Gasteiger partial charge in [0.1, 0.15) is 87.5 Å². The summed E-state index contributed by atoms with van der Waals surface area (Å²) in [6.45, 7) is 38.6. The van der Waals surface area contributed by atoms with Gasteiger partial charge in [-0.1, -0.05) is 169 Å². The van der Waals surface area contributed by atoms with Gasteiger partial charge in [-0.15, -0.1) is 19.7 Å². The molecule has 7 amide bonds. The van der Waals surface area contributed by atoms with Gasteiger partial charge in [0.2, 0.25) is 29.5 Å². The summed E-state index contributed by atoms with van der Waals surface area (Å²) in [4.78, 5) is 137. The number of nitrogens with one attached hydrogen (secondary N) is 5. The first kappa shape index (κ1) is 89.4. The van der Waals surface area contributed by atoms with Gasteiger partial charge in [0.05, 0.1) is 32.3 Å². The summed E-state index contributed by atoms with van der Waals surface area (Å²) < 4.78 is 40.4. The summed E-state index contributed by atoms with van der Waals surface area (Å²) in [5, 5.41) is 40.0. The second-order valence-corrected chi connectivity index (χ2v) is 35.4. The zero-order chi connectivity index (χ0) is 86.4. The number of likely N-dealkylation sites (tertiary alicyclic amines) is 2. The first-order valence-electron chi connectivity index (χ1n) is 40.4. The molecule has 6 aliphatic rings. The number of carbonyl (C=O) groups excluding carboxylic acids is 9. The Labute approximate surface area is 690 Å². The van der Waals surface area contributed by atoms with Crippen molar-refractivity contribution in [2.75, 3.05) is 32.8 Å².